The van der Waals surface area contributed by atoms with Gasteiger partial charge in [-0.2, -0.15) is 0 Å². The maximum absolute atomic E-state index is 11.7. The van der Waals surface area contributed by atoms with Crippen molar-refractivity contribution in [3.63, 3.8) is 0 Å². The summed E-state index contributed by atoms with van der Waals surface area (Å²) < 4.78 is 10.1. The molecule has 1 aliphatic rings. The van der Waals surface area contributed by atoms with Crippen molar-refractivity contribution in [1.82, 2.24) is 10.5 Å². The highest BCUT2D eigenvalue weighted by molar-refractivity contribution is 8.18. The summed E-state index contributed by atoms with van der Waals surface area (Å²) in [5, 5.41) is 6.87. The zero-order valence-corrected chi connectivity index (χ0v) is 10.7. The number of amidine groups is 1. The van der Waals surface area contributed by atoms with Gasteiger partial charge in [0.1, 0.15) is 11.5 Å². The maximum atomic E-state index is 11.7. The lowest BCUT2D eigenvalue weighted by atomic mass is 10.4. The normalized spacial score (nSPS) is 19.3. The molecule has 0 radical (unpaired) electrons. The standard InChI is InChI=1S/C12H9N3O3S/c1-7-5-10(15-18-7)13-12-14-11(16)9(19-12)6-8-3-2-4-17-8/h2-6H,1H3,(H,13,14,15,16)/b9-6+. The molecule has 0 saturated carbocycles. The molecule has 19 heavy (non-hydrogen) atoms. The number of rotatable bonds is 2. The molecule has 0 unspecified atom stereocenters. The number of hydrogen-bond donors (Lipinski definition) is 1. The van der Waals surface area contributed by atoms with Gasteiger partial charge in [-0.3, -0.25) is 4.79 Å². The van der Waals surface area contributed by atoms with Gasteiger partial charge in [0.15, 0.2) is 11.0 Å². The molecule has 7 heteroatoms. The molecule has 1 N–H and O–H groups in total. The third-order valence-corrected chi connectivity index (χ3v) is 3.21. The first-order valence-corrected chi connectivity index (χ1v) is 6.29. The number of aliphatic imine (C=N–C) groups is 1. The van der Waals surface area contributed by atoms with Crippen LogP contribution in [0.5, 0.6) is 0 Å². The average molecular weight is 275 g/mol. The number of thioether (sulfide) groups is 1. The van der Waals surface area contributed by atoms with Gasteiger partial charge in [0.25, 0.3) is 5.91 Å². The van der Waals surface area contributed by atoms with Crippen molar-refractivity contribution in [2.24, 2.45) is 4.99 Å². The molecule has 2 aromatic heterocycles. The van der Waals surface area contributed by atoms with E-state index in [2.05, 4.69) is 15.5 Å². The summed E-state index contributed by atoms with van der Waals surface area (Å²) >= 11 is 1.23. The number of hydrogen-bond acceptors (Lipinski definition) is 6. The minimum atomic E-state index is -0.208. The van der Waals surface area contributed by atoms with Crippen LogP contribution < -0.4 is 5.32 Å². The molecule has 6 nitrogen and oxygen atoms in total. The molecule has 1 amide bonds. The molecule has 0 bridgehead atoms. The predicted octanol–water partition coefficient (Wildman–Crippen LogP) is 2.47. The first kappa shape index (κ1) is 11.8. The Kier molecular flexibility index (Phi) is 2.96. The number of aromatic nitrogens is 1. The number of aryl methyl sites for hydroxylation is 1. The SMILES string of the molecule is Cc1cc(N=C2NC(=O)/C(=C\c3ccco3)S2)no1. The highest BCUT2D eigenvalue weighted by atomic mass is 32.2. The van der Waals surface area contributed by atoms with Gasteiger partial charge in [-0.05, 0) is 30.8 Å². The lowest BCUT2D eigenvalue weighted by Gasteiger charge is -1.89. The zero-order valence-electron chi connectivity index (χ0n) is 9.91. The van der Waals surface area contributed by atoms with Gasteiger partial charge in [-0.25, -0.2) is 4.99 Å². The molecule has 2 aromatic rings. The van der Waals surface area contributed by atoms with Crippen LogP contribution >= 0.6 is 11.8 Å². The summed E-state index contributed by atoms with van der Waals surface area (Å²) in [4.78, 5) is 16.4. The molecule has 3 rings (SSSR count). The second-order valence-electron chi connectivity index (χ2n) is 3.79. The number of nitrogens with one attached hydrogen (secondary N) is 1. The van der Waals surface area contributed by atoms with Crippen LogP contribution in [0.3, 0.4) is 0 Å². The molecule has 3 heterocycles. The smallest absolute Gasteiger partial charge is 0.264 e. The molecule has 0 aromatic carbocycles. The van der Waals surface area contributed by atoms with E-state index in [1.54, 1.807) is 37.5 Å². The van der Waals surface area contributed by atoms with Crippen molar-refractivity contribution in [2.45, 2.75) is 6.92 Å². The average Bonchev–Trinajstić information content (AvgIpc) is 3.06. The van der Waals surface area contributed by atoms with Crippen molar-refractivity contribution in [3.8, 4) is 0 Å². The Balaban J connectivity index is 1.82. The van der Waals surface area contributed by atoms with Crippen LogP contribution in [0.25, 0.3) is 6.08 Å². The molecule has 0 spiro atoms. The largest absolute Gasteiger partial charge is 0.465 e. The van der Waals surface area contributed by atoms with Crippen molar-refractivity contribution < 1.29 is 13.7 Å². The van der Waals surface area contributed by atoms with Crippen LogP contribution in [0.15, 0.2) is 43.3 Å². The third-order valence-electron chi connectivity index (χ3n) is 2.30. The predicted molar refractivity (Wildman–Crippen MR) is 70.8 cm³/mol. The van der Waals surface area contributed by atoms with Gasteiger partial charge in [0.05, 0.1) is 11.2 Å². The molecule has 96 valence electrons. The monoisotopic (exact) mass is 275 g/mol. The van der Waals surface area contributed by atoms with Crippen LogP contribution in [0.4, 0.5) is 5.82 Å². The number of nitrogens with zero attached hydrogens (tertiary/aromatic N) is 2. The summed E-state index contributed by atoms with van der Waals surface area (Å²) in [6.45, 7) is 1.78. The fourth-order valence-electron chi connectivity index (χ4n) is 1.49. The fraction of sp³-hybridized carbons (Fsp3) is 0.0833. The quantitative estimate of drug-likeness (QED) is 0.851. The first-order chi connectivity index (χ1) is 9.20. The van der Waals surface area contributed by atoms with Crippen LogP contribution in [-0.4, -0.2) is 16.2 Å². The topological polar surface area (TPSA) is 80.6 Å². The molecule has 1 saturated heterocycles. The fourth-order valence-corrected chi connectivity index (χ4v) is 2.30. The van der Waals surface area contributed by atoms with E-state index in [4.69, 9.17) is 8.94 Å². The summed E-state index contributed by atoms with van der Waals surface area (Å²) in [6, 6.07) is 5.22. The number of carbonyl (C=O) groups excluding carboxylic acids is 1. The van der Waals surface area contributed by atoms with Gasteiger partial charge < -0.3 is 14.3 Å². The summed E-state index contributed by atoms with van der Waals surface area (Å²) in [6.07, 6.45) is 3.22. The summed E-state index contributed by atoms with van der Waals surface area (Å²) in [5.74, 6) is 1.51. The minimum Gasteiger partial charge on any atom is -0.465 e. The molecule has 0 atom stereocenters. The van der Waals surface area contributed by atoms with Gasteiger partial charge in [-0.15, -0.1) is 0 Å². The van der Waals surface area contributed by atoms with Crippen LogP contribution in [0.1, 0.15) is 11.5 Å². The van der Waals surface area contributed by atoms with Crippen molar-refractivity contribution in [2.75, 3.05) is 0 Å². The van der Waals surface area contributed by atoms with E-state index >= 15 is 0 Å². The van der Waals surface area contributed by atoms with Crippen LogP contribution in [0.2, 0.25) is 0 Å². The van der Waals surface area contributed by atoms with Gasteiger partial charge in [0, 0.05) is 12.1 Å². The van der Waals surface area contributed by atoms with Gasteiger partial charge in [-0.1, -0.05) is 5.16 Å². The second-order valence-corrected chi connectivity index (χ2v) is 4.82. The van der Waals surface area contributed by atoms with E-state index < -0.39 is 0 Å². The molecule has 1 aliphatic heterocycles. The van der Waals surface area contributed by atoms with E-state index in [1.165, 1.54) is 11.8 Å². The Bertz CT molecular complexity index is 670. The Morgan fingerprint density at radius 1 is 1.53 bits per heavy atom. The first-order valence-electron chi connectivity index (χ1n) is 5.47. The lowest BCUT2D eigenvalue weighted by molar-refractivity contribution is -0.115. The summed E-state index contributed by atoms with van der Waals surface area (Å²) in [5.41, 5.74) is 0. The highest BCUT2D eigenvalue weighted by Crippen LogP contribution is 2.27. The van der Waals surface area contributed by atoms with E-state index in [1.807, 2.05) is 0 Å². The van der Waals surface area contributed by atoms with Crippen molar-refractivity contribution in [3.05, 3.63) is 40.9 Å². The van der Waals surface area contributed by atoms with Gasteiger partial charge in [0.2, 0.25) is 0 Å². The van der Waals surface area contributed by atoms with E-state index in [0.29, 0.717) is 27.4 Å². The number of carbonyl (C=O) groups is 1. The Morgan fingerprint density at radius 3 is 3.11 bits per heavy atom. The Hall–Kier alpha value is -2.28. The number of furan rings is 1. The van der Waals surface area contributed by atoms with E-state index in [-0.39, 0.29) is 5.91 Å². The van der Waals surface area contributed by atoms with Crippen molar-refractivity contribution >= 4 is 34.7 Å². The number of amides is 1. The van der Waals surface area contributed by atoms with Crippen molar-refractivity contribution in [1.29, 1.82) is 0 Å². The molecule has 1 fully saturated rings. The molecule has 0 aliphatic carbocycles. The summed E-state index contributed by atoms with van der Waals surface area (Å²) in [7, 11) is 0. The van der Waals surface area contributed by atoms with E-state index in [9.17, 15) is 4.79 Å². The molecular formula is C12H9N3O3S. The highest BCUT2D eigenvalue weighted by Gasteiger charge is 2.24. The Labute approximate surface area is 112 Å². The lowest BCUT2D eigenvalue weighted by Crippen LogP contribution is -2.19. The zero-order chi connectivity index (χ0) is 13.2. The Morgan fingerprint density at radius 2 is 2.42 bits per heavy atom. The second kappa shape index (κ2) is 4.77. The van der Waals surface area contributed by atoms with Crippen LogP contribution in [0, 0.1) is 6.92 Å². The maximum Gasteiger partial charge on any atom is 0.264 e. The van der Waals surface area contributed by atoms with Gasteiger partial charge >= 0.3 is 0 Å². The van der Waals surface area contributed by atoms with Crippen LogP contribution in [-0.2, 0) is 4.79 Å². The molecular weight excluding hydrogens is 266 g/mol. The minimum absolute atomic E-state index is 0.208. The van der Waals surface area contributed by atoms with E-state index in [0.717, 1.165) is 0 Å². The third kappa shape index (κ3) is 2.60.